The van der Waals surface area contributed by atoms with Crippen molar-refractivity contribution in [1.29, 1.82) is 5.26 Å². The highest BCUT2D eigenvalue weighted by Crippen LogP contribution is 2.37. The lowest BCUT2D eigenvalue weighted by molar-refractivity contribution is -0.142. The fourth-order valence-corrected chi connectivity index (χ4v) is 6.36. The van der Waals surface area contributed by atoms with Gasteiger partial charge in [-0.3, -0.25) is 9.59 Å². The molecule has 0 radical (unpaired) electrons. The third kappa shape index (κ3) is 5.91. The maximum atomic E-state index is 13.1. The number of rotatable bonds is 7. The lowest BCUT2D eigenvalue weighted by Gasteiger charge is -2.32. The van der Waals surface area contributed by atoms with Crippen molar-refractivity contribution < 1.29 is 24.2 Å². The lowest BCUT2D eigenvalue weighted by Crippen LogP contribution is -2.43. The van der Waals surface area contributed by atoms with E-state index in [0.29, 0.717) is 63.6 Å². The molecule has 1 aliphatic carbocycles. The van der Waals surface area contributed by atoms with Crippen LogP contribution in [0.4, 0.5) is 5.13 Å². The van der Waals surface area contributed by atoms with Crippen LogP contribution in [0.1, 0.15) is 25.3 Å². The number of carbonyl (C=O) groups excluding carboxylic acids is 1. The van der Waals surface area contributed by atoms with Crippen LogP contribution in [0.15, 0.2) is 46.9 Å². The molecule has 2 saturated heterocycles. The van der Waals surface area contributed by atoms with Crippen LogP contribution in [-0.4, -0.2) is 72.9 Å². The molecule has 5 rings (SSSR count). The number of nitrogens with zero attached hydrogens (tertiary/aromatic N) is 4. The summed E-state index contributed by atoms with van der Waals surface area (Å²) in [6, 6.07) is 8.36. The number of amides is 1. The number of thiazole rings is 1. The molecule has 1 aromatic heterocycles. The van der Waals surface area contributed by atoms with Crippen molar-refractivity contribution >= 4 is 28.3 Å². The van der Waals surface area contributed by atoms with E-state index in [1.165, 1.54) is 0 Å². The first-order valence-corrected chi connectivity index (χ1v) is 14.6. The third-order valence-electron chi connectivity index (χ3n) is 7.96. The largest absolute Gasteiger partial charge is 0.488 e. The van der Waals surface area contributed by atoms with E-state index in [1.54, 1.807) is 16.2 Å². The van der Waals surface area contributed by atoms with Crippen molar-refractivity contribution in [2.75, 3.05) is 50.9 Å². The SMILES string of the molecule is Cc1ccc(OCC2=CC=C(C(=O)N3CCOCC3)C(C)C2C#N)c(-c2csc(N3CCC(C(=O)O)CC3)n2)c1. The highest BCUT2D eigenvalue weighted by atomic mass is 32.1. The fraction of sp³-hybridized carbons (Fsp3) is 0.467. The summed E-state index contributed by atoms with van der Waals surface area (Å²) in [5, 5.41) is 22.2. The van der Waals surface area contributed by atoms with E-state index < -0.39 is 11.9 Å². The van der Waals surface area contributed by atoms with Crippen molar-refractivity contribution in [2.24, 2.45) is 17.8 Å². The Morgan fingerprint density at radius 3 is 2.65 bits per heavy atom. The van der Waals surface area contributed by atoms with E-state index >= 15 is 0 Å². The van der Waals surface area contributed by atoms with Gasteiger partial charge in [-0.05, 0) is 37.5 Å². The number of carboxylic acid groups (broad SMARTS) is 1. The molecule has 0 bridgehead atoms. The first-order valence-electron chi connectivity index (χ1n) is 13.7. The monoisotopic (exact) mass is 562 g/mol. The number of morpholine rings is 1. The summed E-state index contributed by atoms with van der Waals surface area (Å²) in [5.74, 6) is -1.06. The first kappa shape index (κ1) is 27.9. The van der Waals surface area contributed by atoms with Crippen molar-refractivity contribution in [1.82, 2.24) is 9.88 Å². The summed E-state index contributed by atoms with van der Waals surface area (Å²) in [4.78, 5) is 33.2. The maximum Gasteiger partial charge on any atom is 0.306 e. The molecule has 10 heteroatoms. The summed E-state index contributed by atoms with van der Waals surface area (Å²) in [7, 11) is 0. The molecule has 1 amide bonds. The molecule has 3 heterocycles. The number of aryl methyl sites for hydroxylation is 1. The van der Waals surface area contributed by atoms with Gasteiger partial charge in [0.2, 0.25) is 5.91 Å². The standard InChI is InChI=1S/C30H34N4O5S/c1-19-3-6-27(24(15-19)26-18-40-30(32-26)34-9-7-21(8-10-34)29(36)37)39-17-22-4-5-23(20(2)25(22)16-31)28(35)33-11-13-38-14-12-33/h3-6,15,18,20-21,25H,7-14,17H2,1-2H3,(H,36,37). The number of anilines is 1. The minimum absolute atomic E-state index is 0.0281. The second-order valence-corrected chi connectivity index (χ2v) is 11.4. The van der Waals surface area contributed by atoms with E-state index in [0.717, 1.165) is 27.5 Å². The predicted molar refractivity (Wildman–Crippen MR) is 152 cm³/mol. The lowest BCUT2D eigenvalue weighted by atomic mass is 9.79. The molecule has 0 spiro atoms. The minimum Gasteiger partial charge on any atom is -0.488 e. The highest BCUT2D eigenvalue weighted by Gasteiger charge is 2.33. The van der Waals surface area contributed by atoms with Gasteiger partial charge in [0.15, 0.2) is 5.13 Å². The minimum atomic E-state index is -0.724. The number of piperidine rings is 1. The smallest absolute Gasteiger partial charge is 0.306 e. The summed E-state index contributed by atoms with van der Waals surface area (Å²) in [5.41, 5.74) is 4.24. The van der Waals surface area contributed by atoms with Gasteiger partial charge in [0, 0.05) is 48.6 Å². The average Bonchev–Trinajstić information content (AvgIpc) is 3.47. The number of hydrogen-bond donors (Lipinski definition) is 1. The third-order valence-corrected chi connectivity index (χ3v) is 8.86. The van der Waals surface area contributed by atoms with E-state index in [4.69, 9.17) is 14.5 Å². The molecule has 2 aliphatic heterocycles. The molecule has 210 valence electrons. The number of aliphatic carboxylic acids is 1. The van der Waals surface area contributed by atoms with Crippen LogP contribution in [0.3, 0.4) is 0 Å². The maximum absolute atomic E-state index is 13.1. The summed E-state index contributed by atoms with van der Waals surface area (Å²) in [6.07, 6.45) is 4.93. The molecule has 40 heavy (non-hydrogen) atoms. The Hall–Kier alpha value is -3.68. The Labute approximate surface area is 238 Å². The Bertz CT molecular complexity index is 1360. The molecule has 3 aliphatic rings. The Morgan fingerprint density at radius 2 is 1.95 bits per heavy atom. The Balaban J connectivity index is 1.31. The second kappa shape index (κ2) is 12.2. The number of nitriles is 1. The molecule has 2 aromatic rings. The molecule has 2 unspecified atom stereocenters. The van der Waals surface area contributed by atoms with Gasteiger partial charge in [0.1, 0.15) is 12.4 Å². The number of allylic oxidation sites excluding steroid dienone is 2. The first-order chi connectivity index (χ1) is 19.4. The summed E-state index contributed by atoms with van der Waals surface area (Å²) >= 11 is 1.55. The van der Waals surface area contributed by atoms with Gasteiger partial charge in [-0.1, -0.05) is 30.7 Å². The fourth-order valence-electron chi connectivity index (χ4n) is 5.48. The van der Waals surface area contributed by atoms with Crippen molar-refractivity contribution in [3.05, 3.63) is 52.4 Å². The quantitative estimate of drug-likeness (QED) is 0.531. The molecule has 2 fully saturated rings. The summed E-state index contributed by atoms with van der Waals surface area (Å²) < 4.78 is 11.7. The molecular weight excluding hydrogens is 528 g/mol. The van der Waals surface area contributed by atoms with Gasteiger partial charge in [0.25, 0.3) is 0 Å². The molecule has 1 aromatic carbocycles. The zero-order valence-electron chi connectivity index (χ0n) is 22.8. The number of carbonyl (C=O) groups is 2. The van der Waals surface area contributed by atoms with Gasteiger partial charge in [-0.2, -0.15) is 5.26 Å². The van der Waals surface area contributed by atoms with Crippen LogP contribution in [-0.2, 0) is 14.3 Å². The average molecular weight is 563 g/mol. The Kier molecular flexibility index (Phi) is 8.52. The van der Waals surface area contributed by atoms with Crippen molar-refractivity contribution in [3.63, 3.8) is 0 Å². The second-order valence-electron chi connectivity index (χ2n) is 10.6. The molecule has 1 N–H and O–H groups in total. The van der Waals surface area contributed by atoms with Crippen LogP contribution < -0.4 is 9.64 Å². The number of carboxylic acids is 1. The van der Waals surface area contributed by atoms with E-state index in [2.05, 4.69) is 11.0 Å². The number of benzene rings is 1. The molecule has 9 nitrogen and oxygen atoms in total. The zero-order chi connectivity index (χ0) is 28.2. The van der Waals surface area contributed by atoms with E-state index in [1.807, 2.05) is 49.6 Å². The molecule has 2 atom stereocenters. The van der Waals surface area contributed by atoms with E-state index in [9.17, 15) is 20.0 Å². The van der Waals surface area contributed by atoms with Crippen molar-refractivity contribution in [3.8, 4) is 23.1 Å². The van der Waals surface area contributed by atoms with E-state index in [-0.39, 0.29) is 24.3 Å². The highest BCUT2D eigenvalue weighted by molar-refractivity contribution is 7.14. The van der Waals surface area contributed by atoms with Gasteiger partial charge in [-0.25, -0.2) is 4.98 Å². The van der Waals surface area contributed by atoms with Crippen molar-refractivity contribution in [2.45, 2.75) is 26.7 Å². The topological polar surface area (TPSA) is 116 Å². The van der Waals surface area contributed by atoms with Crippen LogP contribution in [0, 0.1) is 36.0 Å². The number of ether oxygens (including phenoxy) is 2. The van der Waals surface area contributed by atoms with Gasteiger partial charge < -0.3 is 24.4 Å². The molecule has 0 saturated carbocycles. The predicted octanol–water partition coefficient (Wildman–Crippen LogP) is 4.30. The summed E-state index contributed by atoms with van der Waals surface area (Å²) in [6.45, 7) is 7.72. The normalized spacial score (nSPS) is 21.8. The molecular formula is C30H34N4O5S. The zero-order valence-corrected chi connectivity index (χ0v) is 23.7. The van der Waals surface area contributed by atoms with Crippen LogP contribution in [0.2, 0.25) is 0 Å². The van der Waals surface area contributed by atoms with Crippen LogP contribution in [0.25, 0.3) is 11.3 Å². The van der Waals surface area contributed by atoms with Gasteiger partial charge >= 0.3 is 5.97 Å². The number of hydrogen-bond acceptors (Lipinski definition) is 8. The van der Waals surface area contributed by atoms with Crippen LogP contribution in [0.5, 0.6) is 5.75 Å². The van der Waals surface area contributed by atoms with Gasteiger partial charge in [-0.15, -0.1) is 11.3 Å². The van der Waals surface area contributed by atoms with Gasteiger partial charge in [0.05, 0.1) is 36.8 Å². The van der Waals surface area contributed by atoms with Crippen LogP contribution >= 0.6 is 11.3 Å². The number of aromatic nitrogens is 1. The Morgan fingerprint density at radius 1 is 1.20 bits per heavy atom.